The van der Waals surface area contributed by atoms with E-state index in [4.69, 9.17) is 11.6 Å². The van der Waals surface area contributed by atoms with Gasteiger partial charge >= 0.3 is 0 Å². The minimum Gasteiger partial charge on any atom is -0.326 e. The number of anilines is 1. The first-order valence-electron chi connectivity index (χ1n) is 6.55. The molecule has 106 valence electrons. The molecule has 2 aliphatic rings. The van der Waals surface area contributed by atoms with Crippen LogP contribution in [0.2, 0.25) is 5.02 Å². The summed E-state index contributed by atoms with van der Waals surface area (Å²) >= 11 is 5.74. The number of nitro benzene ring substituents is 1. The zero-order valence-electron chi connectivity index (χ0n) is 10.6. The van der Waals surface area contributed by atoms with E-state index in [1.807, 2.05) is 0 Å². The molecule has 2 saturated heterocycles. The Kier molecular flexibility index (Phi) is 3.35. The van der Waals surface area contributed by atoms with Crippen molar-refractivity contribution in [3.63, 3.8) is 0 Å². The van der Waals surface area contributed by atoms with Crippen molar-refractivity contribution >= 4 is 28.9 Å². The number of nitro groups is 1. The first-order chi connectivity index (χ1) is 9.54. The number of hydrogen-bond donors (Lipinski definition) is 2. The molecule has 20 heavy (non-hydrogen) atoms. The van der Waals surface area contributed by atoms with Crippen molar-refractivity contribution in [2.24, 2.45) is 5.92 Å². The molecule has 3 unspecified atom stereocenters. The van der Waals surface area contributed by atoms with Gasteiger partial charge in [0.2, 0.25) is 5.91 Å². The SMILES string of the molecule is O=C(Nc1ccc(Cl)c([N+](=O)[O-])c1)C1CC2CCC1N2. The molecule has 3 atom stereocenters. The van der Waals surface area contributed by atoms with Crippen molar-refractivity contribution in [1.29, 1.82) is 0 Å². The van der Waals surface area contributed by atoms with Gasteiger partial charge in [0.05, 0.1) is 10.8 Å². The summed E-state index contributed by atoms with van der Waals surface area (Å²) in [7, 11) is 0. The van der Waals surface area contributed by atoms with E-state index in [1.54, 1.807) is 6.07 Å². The first-order valence-corrected chi connectivity index (χ1v) is 6.93. The molecule has 0 saturated carbocycles. The molecule has 1 aromatic rings. The third-order valence-corrected chi connectivity index (χ3v) is 4.37. The van der Waals surface area contributed by atoms with Crippen LogP contribution in [0, 0.1) is 16.0 Å². The second kappa shape index (κ2) is 5.03. The monoisotopic (exact) mass is 295 g/mol. The van der Waals surface area contributed by atoms with Crippen molar-refractivity contribution in [3.8, 4) is 0 Å². The fourth-order valence-corrected chi connectivity index (χ4v) is 3.27. The normalized spacial score (nSPS) is 27.6. The van der Waals surface area contributed by atoms with Crippen LogP contribution < -0.4 is 10.6 Å². The highest BCUT2D eigenvalue weighted by Gasteiger charge is 2.42. The van der Waals surface area contributed by atoms with Gasteiger partial charge in [-0.2, -0.15) is 0 Å². The molecule has 3 rings (SSSR count). The maximum atomic E-state index is 12.2. The fourth-order valence-electron chi connectivity index (χ4n) is 3.08. The lowest BCUT2D eigenvalue weighted by molar-refractivity contribution is -0.384. The lowest BCUT2D eigenvalue weighted by Crippen LogP contribution is -2.32. The first kappa shape index (κ1) is 13.3. The van der Waals surface area contributed by atoms with E-state index in [2.05, 4.69) is 10.6 Å². The molecule has 2 N–H and O–H groups in total. The highest BCUT2D eigenvalue weighted by atomic mass is 35.5. The summed E-state index contributed by atoms with van der Waals surface area (Å²) in [4.78, 5) is 22.5. The van der Waals surface area contributed by atoms with Gasteiger partial charge in [0.15, 0.2) is 0 Å². The molecule has 2 fully saturated rings. The largest absolute Gasteiger partial charge is 0.326 e. The number of rotatable bonds is 3. The number of halogens is 1. The van der Waals surface area contributed by atoms with Gasteiger partial charge in [-0.15, -0.1) is 0 Å². The Labute approximate surface area is 120 Å². The smallest absolute Gasteiger partial charge is 0.289 e. The average Bonchev–Trinajstić information content (AvgIpc) is 3.03. The maximum Gasteiger partial charge on any atom is 0.289 e. The molecule has 1 aromatic carbocycles. The second-order valence-electron chi connectivity index (χ2n) is 5.30. The lowest BCUT2D eigenvalue weighted by atomic mass is 9.88. The van der Waals surface area contributed by atoms with Gasteiger partial charge in [0.25, 0.3) is 5.69 Å². The van der Waals surface area contributed by atoms with Crippen LogP contribution in [0.3, 0.4) is 0 Å². The van der Waals surface area contributed by atoms with Crippen LogP contribution in [0.25, 0.3) is 0 Å². The van der Waals surface area contributed by atoms with E-state index in [0.29, 0.717) is 11.7 Å². The number of carbonyl (C=O) groups is 1. The van der Waals surface area contributed by atoms with E-state index in [1.165, 1.54) is 12.1 Å². The standard InChI is InChI=1S/C13H14ClN3O3/c14-10-3-1-8(6-12(10)17(19)20)16-13(18)9-5-7-2-4-11(9)15-7/h1,3,6-7,9,11,15H,2,4-5H2,(H,16,18). The third kappa shape index (κ3) is 2.36. The van der Waals surface area contributed by atoms with Gasteiger partial charge in [-0.05, 0) is 31.4 Å². The van der Waals surface area contributed by atoms with E-state index >= 15 is 0 Å². The molecular formula is C13H14ClN3O3. The Bertz CT molecular complexity index is 578. The Morgan fingerprint density at radius 3 is 2.85 bits per heavy atom. The van der Waals surface area contributed by atoms with Crippen LogP contribution in [0.5, 0.6) is 0 Å². The Balaban J connectivity index is 1.73. The molecule has 6 nitrogen and oxygen atoms in total. The van der Waals surface area contributed by atoms with Gasteiger partial charge in [0, 0.05) is 23.8 Å². The molecule has 2 aliphatic heterocycles. The predicted octanol–water partition coefficient (Wildman–Crippen LogP) is 2.33. The van der Waals surface area contributed by atoms with Crippen LogP contribution in [0.4, 0.5) is 11.4 Å². The molecule has 0 radical (unpaired) electrons. The maximum absolute atomic E-state index is 12.2. The van der Waals surface area contributed by atoms with Crippen molar-refractivity contribution in [1.82, 2.24) is 5.32 Å². The molecule has 2 bridgehead atoms. The highest BCUT2D eigenvalue weighted by Crippen LogP contribution is 2.34. The molecule has 0 spiro atoms. The molecule has 2 heterocycles. The lowest BCUT2D eigenvalue weighted by Gasteiger charge is -2.19. The zero-order chi connectivity index (χ0) is 14.3. The average molecular weight is 296 g/mol. The fraction of sp³-hybridized carbons (Fsp3) is 0.462. The van der Waals surface area contributed by atoms with E-state index in [-0.39, 0.29) is 28.6 Å². The summed E-state index contributed by atoms with van der Waals surface area (Å²) in [6, 6.07) is 4.97. The quantitative estimate of drug-likeness (QED) is 0.662. The van der Waals surface area contributed by atoms with Gasteiger partial charge < -0.3 is 10.6 Å². The van der Waals surface area contributed by atoms with Gasteiger partial charge in [-0.25, -0.2) is 0 Å². The van der Waals surface area contributed by atoms with Gasteiger partial charge in [-0.1, -0.05) is 11.6 Å². The van der Waals surface area contributed by atoms with Crippen molar-refractivity contribution in [2.45, 2.75) is 31.3 Å². The van der Waals surface area contributed by atoms with Crippen LogP contribution >= 0.6 is 11.6 Å². The van der Waals surface area contributed by atoms with Crippen molar-refractivity contribution < 1.29 is 9.72 Å². The topological polar surface area (TPSA) is 84.3 Å². The van der Waals surface area contributed by atoms with Gasteiger partial charge in [0.1, 0.15) is 5.02 Å². The van der Waals surface area contributed by atoms with E-state index in [9.17, 15) is 14.9 Å². The number of carbonyl (C=O) groups excluding carboxylic acids is 1. The van der Waals surface area contributed by atoms with Crippen LogP contribution in [-0.2, 0) is 4.79 Å². The van der Waals surface area contributed by atoms with Crippen molar-refractivity contribution in [2.75, 3.05) is 5.32 Å². The van der Waals surface area contributed by atoms with Crippen LogP contribution in [0.15, 0.2) is 18.2 Å². The second-order valence-corrected chi connectivity index (χ2v) is 5.71. The van der Waals surface area contributed by atoms with E-state index in [0.717, 1.165) is 19.3 Å². The Morgan fingerprint density at radius 2 is 2.25 bits per heavy atom. The minimum absolute atomic E-state index is 0.0523. The highest BCUT2D eigenvalue weighted by molar-refractivity contribution is 6.32. The third-order valence-electron chi connectivity index (χ3n) is 4.05. The van der Waals surface area contributed by atoms with Crippen LogP contribution in [0.1, 0.15) is 19.3 Å². The molecule has 7 heteroatoms. The summed E-state index contributed by atoms with van der Waals surface area (Å²) in [6.45, 7) is 0. The Hall–Kier alpha value is -1.66. The minimum atomic E-state index is -0.558. The van der Waals surface area contributed by atoms with Crippen molar-refractivity contribution in [3.05, 3.63) is 33.3 Å². The summed E-state index contributed by atoms with van der Waals surface area (Å²) in [5.41, 5.74) is 0.212. The van der Waals surface area contributed by atoms with Crippen LogP contribution in [-0.4, -0.2) is 22.9 Å². The molecule has 1 amide bonds. The number of hydrogen-bond acceptors (Lipinski definition) is 4. The number of nitrogens with one attached hydrogen (secondary N) is 2. The van der Waals surface area contributed by atoms with E-state index < -0.39 is 4.92 Å². The summed E-state index contributed by atoms with van der Waals surface area (Å²) in [5, 5.41) is 17.0. The number of nitrogens with zero attached hydrogens (tertiary/aromatic N) is 1. The summed E-state index contributed by atoms with van der Waals surface area (Å²) < 4.78 is 0. The Morgan fingerprint density at radius 1 is 1.45 bits per heavy atom. The summed E-state index contributed by atoms with van der Waals surface area (Å²) in [6.07, 6.45) is 2.98. The van der Waals surface area contributed by atoms with Gasteiger partial charge in [-0.3, -0.25) is 14.9 Å². The number of fused-ring (bicyclic) bond motifs is 2. The molecule has 0 aliphatic carbocycles. The number of amides is 1. The zero-order valence-corrected chi connectivity index (χ0v) is 11.4. The molecule has 0 aromatic heterocycles. The summed E-state index contributed by atoms with van der Waals surface area (Å²) in [5.74, 6) is -0.134. The predicted molar refractivity (Wildman–Crippen MR) is 74.8 cm³/mol. The molecular weight excluding hydrogens is 282 g/mol. The number of benzene rings is 1.